The Labute approximate surface area is 134 Å². The smallest absolute Gasteiger partial charge is 0.256 e. The topological polar surface area (TPSA) is 46.2 Å². The van der Waals surface area contributed by atoms with Crippen molar-refractivity contribution in [3.63, 3.8) is 0 Å². The Morgan fingerprint density at radius 2 is 1.13 bits per heavy atom. The van der Waals surface area contributed by atoms with Crippen molar-refractivity contribution in [1.29, 1.82) is 0 Å². The highest BCUT2D eigenvalue weighted by molar-refractivity contribution is 6.17. The van der Waals surface area contributed by atoms with E-state index in [1.54, 1.807) is 60.7 Å². The van der Waals surface area contributed by atoms with E-state index < -0.39 is 0 Å². The predicted molar refractivity (Wildman–Crippen MR) is 90.7 cm³/mol. The molecule has 3 rings (SSSR count). The standard InChI is InChI=1S/C20H15NO2/c22-19(15-9-3-1-4-10-15)17-13-7-8-14-18(17)20(23)21-16-11-5-2-6-12-16/h1-14H,(H,21,23). The second kappa shape index (κ2) is 6.71. The summed E-state index contributed by atoms with van der Waals surface area (Å²) in [6, 6.07) is 25.0. The number of para-hydroxylation sites is 1. The molecule has 3 aromatic rings. The Kier molecular flexibility index (Phi) is 4.29. The van der Waals surface area contributed by atoms with Crippen molar-refractivity contribution in [3.05, 3.63) is 102 Å². The number of hydrogen-bond acceptors (Lipinski definition) is 2. The SMILES string of the molecule is O=C(Nc1ccccc1)c1ccccc1C(=O)c1ccccc1. The highest BCUT2D eigenvalue weighted by atomic mass is 16.2. The number of carbonyl (C=O) groups excluding carboxylic acids is 2. The van der Waals surface area contributed by atoms with Crippen molar-refractivity contribution in [3.8, 4) is 0 Å². The molecule has 0 bridgehead atoms. The van der Waals surface area contributed by atoms with Gasteiger partial charge < -0.3 is 5.32 Å². The van der Waals surface area contributed by atoms with Crippen LogP contribution >= 0.6 is 0 Å². The third-order valence-electron chi connectivity index (χ3n) is 3.48. The van der Waals surface area contributed by atoms with E-state index in [1.165, 1.54) is 0 Å². The van der Waals surface area contributed by atoms with Gasteiger partial charge in [0.1, 0.15) is 0 Å². The third-order valence-corrected chi connectivity index (χ3v) is 3.48. The molecule has 3 aromatic carbocycles. The van der Waals surface area contributed by atoms with Gasteiger partial charge >= 0.3 is 0 Å². The summed E-state index contributed by atoms with van der Waals surface area (Å²) >= 11 is 0. The molecule has 0 fully saturated rings. The average molecular weight is 301 g/mol. The summed E-state index contributed by atoms with van der Waals surface area (Å²) in [5, 5.41) is 2.81. The van der Waals surface area contributed by atoms with E-state index in [1.807, 2.05) is 24.3 Å². The van der Waals surface area contributed by atoms with Gasteiger partial charge in [-0.1, -0.05) is 66.7 Å². The maximum absolute atomic E-state index is 12.6. The lowest BCUT2D eigenvalue weighted by Crippen LogP contribution is -2.16. The fourth-order valence-electron chi connectivity index (χ4n) is 2.34. The quantitative estimate of drug-likeness (QED) is 0.735. The van der Waals surface area contributed by atoms with Gasteiger partial charge in [-0.05, 0) is 18.2 Å². The molecule has 1 amide bonds. The molecule has 112 valence electrons. The predicted octanol–water partition coefficient (Wildman–Crippen LogP) is 4.17. The van der Waals surface area contributed by atoms with E-state index in [0.29, 0.717) is 22.4 Å². The van der Waals surface area contributed by atoms with Gasteiger partial charge in [0.15, 0.2) is 5.78 Å². The molecule has 0 aliphatic rings. The second-order valence-electron chi connectivity index (χ2n) is 5.06. The molecule has 1 N–H and O–H groups in total. The van der Waals surface area contributed by atoms with Crippen LogP contribution in [0.4, 0.5) is 5.69 Å². The van der Waals surface area contributed by atoms with Gasteiger partial charge in [0.25, 0.3) is 5.91 Å². The molecule has 0 unspecified atom stereocenters. The number of hydrogen-bond donors (Lipinski definition) is 1. The number of benzene rings is 3. The number of amides is 1. The van der Waals surface area contributed by atoms with Gasteiger partial charge in [0.2, 0.25) is 0 Å². The molecule has 0 radical (unpaired) electrons. The Morgan fingerprint density at radius 1 is 0.609 bits per heavy atom. The fraction of sp³-hybridized carbons (Fsp3) is 0. The van der Waals surface area contributed by atoms with E-state index in [4.69, 9.17) is 0 Å². The van der Waals surface area contributed by atoms with Gasteiger partial charge in [-0.2, -0.15) is 0 Å². The first kappa shape index (κ1) is 14.7. The van der Waals surface area contributed by atoms with Crippen LogP contribution in [0.5, 0.6) is 0 Å². The van der Waals surface area contributed by atoms with E-state index in [0.717, 1.165) is 0 Å². The zero-order chi connectivity index (χ0) is 16.1. The minimum absolute atomic E-state index is 0.163. The monoisotopic (exact) mass is 301 g/mol. The lowest BCUT2D eigenvalue weighted by molar-refractivity contribution is 0.0996. The van der Waals surface area contributed by atoms with Crippen LogP contribution in [0.1, 0.15) is 26.3 Å². The molecule has 3 heteroatoms. The number of ketones is 1. The summed E-state index contributed by atoms with van der Waals surface area (Å²) in [4.78, 5) is 25.2. The summed E-state index contributed by atoms with van der Waals surface area (Å²) in [7, 11) is 0. The maximum Gasteiger partial charge on any atom is 0.256 e. The molecule has 3 nitrogen and oxygen atoms in total. The Balaban J connectivity index is 1.92. The van der Waals surface area contributed by atoms with Gasteiger partial charge in [-0.3, -0.25) is 9.59 Å². The highest BCUT2D eigenvalue weighted by Gasteiger charge is 2.17. The maximum atomic E-state index is 12.6. The largest absolute Gasteiger partial charge is 0.322 e. The van der Waals surface area contributed by atoms with Crippen molar-refractivity contribution in [1.82, 2.24) is 0 Å². The number of nitrogens with one attached hydrogen (secondary N) is 1. The lowest BCUT2D eigenvalue weighted by atomic mass is 9.98. The lowest BCUT2D eigenvalue weighted by Gasteiger charge is -2.09. The number of anilines is 1. The molecular weight excluding hydrogens is 286 g/mol. The molecule has 0 heterocycles. The van der Waals surface area contributed by atoms with E-state index in [-0.39, 0.29) is 11.7 Å². The second-order valence-corrected chi connectivity index (χ2v) is 5.06. The molecule has 23 heavy (non-hydrogen) atoms. The minimum Gasteiger partial charge on any atom is -0.322 e. The molecule has 0 aliphatic carbocycles. The zero-order valence-corrected chi connectivity index (χ0v) is 12.4. The van der Waals surface area contributed by atoms with Crippen molar-refractivity contribution >= 4 is 17.4 Å². The van der Waals surface area contributed by atoms with Crippen LogP contribution in [0, 0.1) is 0 Å². The third kappa shape index (κ3) is 3.35. The van der Waals surface area contributed by atoms with E-state index in [2.05, 4.69) is 5.32 Å². The summed E-state index contributed by atoms with van der Waals surface area (Å²) < 4.78 is 0. The van der Waals surface area contributed by atoms with Crippen molar-refractivity contribution in [2.24, 2.45) is 0 Å². The van der Waals surface area contributed by atoms with Gasteiger partial charge in [0, 0.05) is 16.8 Å². The van der Waals surface area contributed by atoms with Crippen LogP contribution in [-0.2, 0) is 0 Å². The molecule has 0 aromatic heterocycles. The summed E-state index contributed by atoms with van der Waals surface area (Å²) in [6.45, 7) is 0. The van der Waals surface area contributed by atoms with Crippen LogP contribution in [-0.4, -0.2) is 11.7 Å². The van der Waals surface area contributed by atoms with Crippen LogP contribution in [0.25, 0.3) is 0 Å². The van der Waals surface area contributed by atoms with Gasteiger partial charge in [0.05, 0.1) is 5.56 Å². The summed E-state index contributed by atoms with van der Waals surface area (Å²) in [6.07, 6.45) is 0. The van der Waals surface area contributed by atoms with Gasteiger partial charge in [-0.25, -0.2) is 0 Å². The normalized spacial score (nSPS) is 10.1. The van der Waals surface area contributed by atoms with Crippen molar-refractivity contribution < 1.29 is 9.59 Å². The van der Waals surface area contributed by atoms with Crippen LogP contribution in [0.2, 0.25) is 0 Å². The number of carbonyl (C=O) groups is 2. The van der Waals surface area contributed by atoms with E-state index >= 15 is 0 Å². The Bertz CT molecular complexity index is 827. The minimum atomic E-state index is -0.295. The van der Waals surface area contributed by atoms with Crippen LogP contribution < -0.4 is 5.32 Å². The fourth-order valence-corrected chi connectivity index (χ4v) is 2.34. The van der Waals surface area contributed by atoms with Crippen LogP contribution in [0.15, 0.2) is 84.9 Å². The number of rotatable bonds is 4. The first-order chi connectivity index (χ1) is 11.3. The molecule has 0 aliphatic heterocycles. The zero-order valence-electron chi connectivity index (χ0n) is 12.4. The molecule has 0 saturated carbocycles. The van der Waals surface area contributed by atoms with Crippen molar-refractivity contribution in [2.75, 3.05) is 5.32 Å². The Morgan fingerprint density at radius 3 is 1.78 bits per heavy atom. The first-order valence-electron chi connectivity index (χ1n) is 7.31. The van der Waals surface area contributed by atoms with E-state index in [9.17, 15) is 9.59 Å². The van der Waals surface area contributed by atoms with Crippen molar-refractivity contribution in [2.45, 2.75) is 0 Å². The summed E-state index contributed by atoms with van der Waals surface area (Å²) in [5.41, 5.74) is 2.02. The summed E-state index contributed by atoms with van der Waals surface area (Å²) in [5.74, 6) is -0.458. The Hall–Kier alpha value is -3.20. The highest BCUT2D eigenvalue weighted by Crippen LogP contribution is 2.16. The average Bonchev–Trinajstić information content (AvgIpc) is 2.62. The van der Waals surface area contributed by atoms with Crippen LogP contribution in [0.3, 0.4) is 0 Å². The molecule has 0 atom stereocenters. The van der Waals surface area contributed by atoms with Gasteiger partial charge in [-0.15, -0.1) is 0 Å². The molecular formula is C20H15NO2. The molecule has 0 spiro atoms. The molecule has 0 saturated heterocycles. The first-order valence-corrected chi connectivity index (χ1v) is 7.31.